The molecule has 0 bridgehead atoms. The number of hydrogen-bond acceptors (Lipinski definition) is 7. The van der Waals surface area contributed by atoms with Gasteiger partial charge in [0.15, 0.2) is 0 Å². The molecular weight excluding hydrogens is 786 g/mol. The fourth-order valence-corrected chi connectivity index (χ4v) is 22.8. The van der Waals surface area contributed by atoms with Gasteiger partial charge in [0.1, 0.15) is 0 Å². The van der Waals surface area contributed by atoms with Crippen LogP contribution in [-0.4, -0.2) is 89.2 Å². The summed E-state index contributed by atoms with van der Waals surface area (Å²) in [5.41, 5.74) is 7.77. The zero-order valence-electron chi connectivity index (χ0n) is 30.7. The van der Waals surface area contributed by atoms with Gasteiger partial charge in [0, 0.05) is 6.54 Å². The molecule has 0 saturated carbocycles. The topological polar surface area (TPSA) is 98.0 Å². The summed E-state index contributed by atoms with van der Waals surface area (Å²) in [6.07, 6.45) is 9.16. The number of carbonyl (C=O) groups excluding carboxylic acids is 2. The molecule has 1 saturated heterocycles. The predicted octanol–water partition coefficient (Wildman–Crippen LogP) is 7.22. The van der Waals surface area contributed by atoms with E-state index in [1.807, 2.05) is 0 Å². The van der Waals surface area contributed by atoms with Crippen LogP contribution in [0.4, 0.5) is 11.4 Å². The van der Waals surface area contributed by atoms with Crippen molar-refractivity contribution in [3.8, 4) is 0 Å². The van der Waals surface area contributed by atoms with Crippen molar-refractivity contribution in [1.29, 1.82) is 0 Å². The zero-order chi connectivity index (χ0) is 37.5. The Morgan fingerprint density at radius 1 is 0.811 bits per heavy atom. The van der Waals surface area contributed by atoms with Gasteiger partial charge in [-0.3, -0.25) is 14.5 Å². The van der Waals surface area contributed by atoms with Gasteiger partial charge in [-0.25, -0.2) is 0 Å². The molecular formula is C41H47AsN3O5S3+. The van der Waals surface area contributed by atoms with Crippen LogP contribution < -0.4 is 9.25 Å². The summed E-state index contributed by atoms with van der Waals surface area (Å²) >= 11 is -1.18. The molecule has 3 aromatic carbocycles. The Morgan fingerprint density at radius 2 is 1.45 bits per heavy atom. The summed E-state index contributed by atoms with van der Waals surface area (Å²) in [7, 11) is 0.282. The van der Waals surface area contributed by atoms with Crippen molar-refractivity contribution >= 4 is 75.8 Å². The van der Waals surface area contributed by atoms with Crippen LogP contribution in [-0.2, 0) is 20.9 Å². The van der Waals surface area contributed by atoms with Crippen LogP contribution in [0, 0.1) is 0 Å². The molecule has 12 heteroatoms. The Kier molecular flexibility index (Phi) is 11.0. The van der Waals surface area contributed by atoms with Gasteiger partial charge in [-0.05, 0) is 18.6 Å². The second-order valence-electron chi connectivity index (χ2n) is 15.0. The number of imide groups is 1. The van der Waals surface area contributed by atoms with Crippen molar-refractivity contribution in [2.24, 2.45) is 0 Å². The van der Waals surface area contributed by atoms with E-state index in [1.54, 1.807) is 24.3 Å². The van der Waals surface area contributed by atoms with Gasteiger partial charge >= 0.3 is 240 Å². The van der Waals surface area contributed by atoms with Gasteiger partial charge in [0.2, 0.25) is 0 Å². The molecule has 7 rings (SSSR count). The summed E-state index contributed by atoms with van der Waals surface area (Å²) in [6.45, 7) is 10.9. The number of allylic oxidation sites excluding steroid dienone is 4. The standard InChI is InChI=1S/C41H46AsN3O5S3/c1-40(2)32-16-7-8-17-34(32)43(22-9-10-24-45-38(46)30-14-5-6-15-31(30)39(45)47)36(40)18-13-19-37-41(3,4)33-28-29(42-51-25-26-52-42)20-21-35(33)44(37)23-11-12-27-53(48,49)50/h5-8,13-21,28H,9-12,22-27H2,1-4H3/p+1. The van der Waals surface area contributed by atoms with E-state index in [9.17, 15) is 22.6 Å². The number of benzene rings is 3. The molecule has 0 atom stereocenters. The fraction of sp³-hybridized carbons (Fsp3) is 0.390. The van der Waals surface area contributed by atoms with Gasteiger partial charge in [0.25, 0.3) is 11.8 Å². The van der Waals surface area contributed by atoms with E-state index in [0.717, 1.165) is 13.0 Å². The normalized spacial score (nSPS) is 20.0. The maximum absolute atomic E-state index is 13.0. The third kappa shape index (κ3) is 7.49. The number of unbranched alkanes of at least 4 members (excludes halogenated alkanes) is 2. The Labute approximate surface area is 324 Å². The van der Waals surface area contributed by atoms with Crippen molar-refractivity contribution < 1.29 is 27.1 Å². The van der Waals surface area contributed by atoms with Crippen molar-refractivity contribution in [2.75, 3.05) is 41.8 Å². The van der Waals surface area contributed by atoms with Crippen LogP contribution in [0.25, 0.3) is 0 Å². The molecule has 0 aliphatic carbocycles. The van der Waals surface area contributed by atoms with Crippen molar-refractivity contribution in [1.82, 2.24) is 4.90 Å². The van der Waals surface area contributed by atoms with Gasteiger partial charge < -0.3 is 0 Å². The number of rotatable bonds is 13. The summed E-state index contributed by atoms with van der Waals surface area (Å²) in [5, 5.41) is 0. The van der Waals surface area contributed by atoms with Gasteiger partial charge in [0.05, 0.1) is 11.1 Å². The summed E-state index contributed by atoms with van der Waals surface area (Å²) in [6, 6.07) is 22.6. The minimum absolute atomic E-state index is 0.208. The molecule has 3 aromatic rings. The molecule has 0 unspecified atom stereocenters. The van der Waals surface area contributed by atoms with Crippen LogP contribution in [0.2, 0.25) is 0 Å². The number of nitrogens with zero attached hydrogens (tertiary/aromatic N) is 3. The van der Waals surface area contributed by atoms with E-state index in [2.05, 4.69) is 118 Å². The van der Waals surface area contributed by atoms with E-state index in [4.69, 9.17) is 0 Å². The van der Waals surface area contributed by atoms with Crippen LogP contribution in [0.15, 0.2) is 90.7 Å². The van der Waals surface area contributed by atoms with Gasteiger partial charge in [-0.2, -0.15) is 0 Å². The first kappa shape index (κ1) is 38.2. The van der Waals surface area contributed by atoms with Gasteiger partial charge in [-0.1, -0.05) is 24.3 Å². The van der Waals surface area contributed by atoms with Crippen molar-refractivity contribution in [2.45, 2.75) is 64.2 Å². The quantitative estimate of drug-likeness (QED) is 0.0635. The third-order valence-electron chi connectivity index (χ3n) is 10.8. The average molecular weight is 833 g/mol. The molecule has 1 fully saturated rings. The Bertz CT molecular complexity index is 2120. The second-order valence-corrected chi connectivity index (χ2v) is 28.3. The average Bonchev–Trinajstić information content (AvgIpc) is 3.85. The number of anilines is 1. The molecule has 1 N–H and O–H groups in total. The molecule has 4 heterocycles. The molecule has 4 aliphatic rings. The molecule has 0 aromatic heterocycles. The number of carbonyl (C=O) groups is 2. The van der Waals surface area contributed by atoms with E-state index >= 15 is 0 Å². The first-order valence-corrected chi connectivity index (χ1v) is 27.3. The van der Waals surface area contributed by atoms with E-state index in [1.165, 1.54) is 54.7 Å². The van der Waals surface area contributed by atoms with E-state index < -0.39 is 22.5 Å². The van der Waals surface area contributed by atoms with E-state index in [0.29, 0.717) is 43.5 Å². The van der Waals surface area contributed by atoms with E-state index in [-0.39, 0.29) is 28.4 Å². The second kappa shape index (κ2) is 15.2. The number of para-hydroxylation sites is 1. The predicted molar refractivity (Wildman–Crippen MR) is 220 cm³/mol. The SMILES string of the molecule is CC1(C)C(/C=C/C=C2/N(CCCCS(=O)(=O)O)c3ccc([As]4SCCS4)cc3C2(C)C)=[N+](CCCCN2C(=O)c3ccccc3C2=O)c2ccccc21. The molecule has 0 radical (unpaired) electrons. The van der Waals surface area contributed by atoms with Crippen molar-refractivity contribution in [3.05, 3.63) is 113 Å². The number of fused-ring (bicyclic) bond motifs is 3. The summed E-state index contributed by atoms with van der Waals surface area (Å²) in [5.74, 6) is 1.80. The first-order valence-electron chi connectivity index (χ1n) is 18.3. The third-order valence-corrected chi connectivity index (χ3v) is 25.3. The maximum atomic E-state index is 13.0. The summed E-state index contributed by atoms with van der Waals surface area (Å²) < 4.78 is 36.2. The molecule has 53 heavy (non-hydrogen) atoms. The molecule has 0 spiro atoms. The first-order chi connectivity index (χ1) is 25.3. The van der Waals surface area contributed by atoms with Crippen LogP contribution in [0.1, 0.15) is 85.2 Å². The Morgan fingerprint density at radius 3 is 2.15 bits per heavy atom. The number of amides is 2. The minimum atomic E-state index is -4.01. The summed E-state index contributed by atoms with van der Waals surface area (Å²) in [4.78, 5) is 29.6. The van der Waals surface area contributed by atoms with Crippen LogP contribution in [0.5, 0.6) is 0 Å². The molecule has 4 aliphatic heterocycles. The monoisotopic (exact) mass is 832 g/mol. The van der Waals surface area contributed by atoms with Crippen LogP contribution >= 0.6 is 20.0 Å². The fourth-order valence-electron chi connectivity index (χ4n) is 8.09. The Balaban J connectivity index is 1.15. The Hall–Kier alpha value is -3.08. The molecule has 2 amide bonds. The molecule has 8 nitrogen and oxygen atoms in total. The van der Waals surface area contributed by atoms with Gasteiger partial charge in [-0.15, -0.1) is 0 Å². The number of hydrogen-bond donors (Lipinski definition) is 1. The molecule has 278 valence electrons. The van der Waals surface area contributed by atoms with Crippen LogP contribution in [0.3, 0.4) is 0 Å². The van der Waals surface area contributed by atoms with Crippen molar-refractivity contribution in [3.63, 3.8) is 0 Å². The zero-order valence-corrected chi connectivity index (χ0v) is 35.1.